The van der Waals surface area contributed by atoms with Crippen molar-refractivity contribution in [3.63, 3.8) is 0 Å². The van der Waals surface area contributed by atoms with E-state index in [1.54, 1.807) is 14.2 Å². The Morgan fingerprint density at radius 3 is 2.60 bits per heavy atom. The topological polar surface area (TPSA) is 59.0 Å². The molecule has 134 valence electrons. The molecule has 0 bridgehead atoms. The van der Waals surface area contributed by atoms with Gasteiger partial charge in [0.25, 0.3) is 0 Å². The molecule has 2 aromatic rings. The highest BCUT2D eigenvalue weighted by Gasteiger charge is 2.07. The molecule has 0 spiro atoms. The lowest BCUT2D eigenvalue weighted by Gasteiger charge is -2.22. The highest BCUT2D eigenvalue weighted by Crippen LogP contribution is 2.13. The third kappa shape index (κ3) is 5.67. The fraction of sp³-hybridized carbons (Fsp3) is 0.368. The Morgan fingerprint density at radius 1 is 1.20 bits per heavy atom. The number of methoxy groups -OCH3 is 1. The van der Waals surface area contributed by atoms with Gasteiger partial charge in [0.05, 0.1) is 26.0 Å². The first-order chi connectivity index (χ1) is 12.2. The highest BCUT2D eigenvalue weighted by atomic mass is 16.5. The summed E-state index contributed by atoms with van der Waals surface area (Å²) in [6.45, 7) is 3.98. The van der Waals surface area contributed by atoms with Gasteiger partial charge in [-0.15, -0.1) is 0 Å². The first-order valence-electron chi connectivity index (χ1n) is 8.29. The van der Waals surface area contributed by atoms with Crippen LogP contribution in [0.25, 0.3) is 0 Å². The van der Waals surface area contributed by atoms with Gasteiger partial charge in [-0.1, -0.05) is 18.2 Å². The lowest BCUT2D eigenvalue weighted by atomic mass is 10.2. The molecule has 6 heteroatoms. The van der Waals surface area contributed by atoms with Crippen molar-refractivity contribution in [2.75, 3.05) is 27.8 Å². The van der Waals surface area contributed by atoms with Crippen LogP contribution in [0.5, 0.6) is 11.6 Å². The summed E-state index contributed by atoms with van der Waals surface area (Å²) in [6.07, 6.45) is 0. The van der Waals surface area contributed by atoms with Crippen LogP contribution in [-0.2, 0) is 13.1 Å². The van der Waals surface area contributed by atoms with Gasteiger partial charge >= 0.3 is 0 Å². The van der Waals surface area contributed by atoms with E-state index >= 15 is 0 Å². The van der Waals surface area contributed by atoms with E-state index < -0.39 is 0 Å². The van der Waals surface area contributed by atoms with Crippen LogP contribution in [0.2, 0.25) is 0 Å². The molecule has 0 amide bonds. The molecule has 0 saturated heterocycles. The molecule has 2 rings (SSSR count). The Labute approximate surface area is 149 Å². The molecular formula is C19H26N4O2. The van der Waals surface area contributed by atoms with Crippen LogP contribution in [0.15, 0.2) is 47.5 Å². The third-order valence-electron chi connectivity index (χ3n) is 3.65. The maximum absolute atomic E-state index is 5.47. The van der Waals surface area contributed by atoms with Crippen molar-refractivity contribution in [2.24, 2.45) is 4.99 Å². The van der Waals surface area contributed by atoms with Crippen LogP contribution in [0.1, 0.15) is 18.2 Å². The summed E-state index contributed by atoms with van der Waals surface area (Å²) in [5, 5.41) is 3.32. The summed E-state index contributed by atoms with van der Waals surface area (Å²) in [6, 6.07) is 13.8. The fourth-order valence-corrected chi connectivity index (χ4v) is 2.43. The van der Waals surface area contributed by atoms with Crippen molar-refractivity contribution in [3.05, 3.63) is 53.7 Å². The van der Waals surface area contributed by atoms with E-state index in [2.05, 4.69) is 32.3 Å². The average Bonchev–Trinajstić information content (AvgIpc) is 2.64. The normalized spacial score (nSPS) is 11.1. The number of benzene rings is 1. The molecule has 25 heavy (non-hydrogen) atoms. The zero-order chi connectivity index (χ0) is 18.1. The Hall–Kier alpha value is -2.76. The second-order valence-corrected chi connectivity index (χ2v) is 5.51. The van der Waals surface area contributed by atoms with E-state index in [-0.39, 0.29) is 0 Å². The van der Waals surface area contributed by atoms with Gasteiger partial charge in [0.1, 0.15) is 5.75 Å². The van der Waals surface area contributed by atoms with Crippen molar-refractivity contribution in [1.82, 2.24) is 15.2 Å². The number of hydrogen-bond acceptors (Lipinski definition) is 4. The highest BCUT2D eigenvalue weighted by molar-refractivity contribution is 5.79. The maximum atomic E-state index is 5.47. The molecule has 0 aliphatic rings. The quantitative estimate of drug-likeness (QED) is 0.619. The van der Waals surface area contributed by atoms with Gasteiger partial charge < -0.3 is 19.7 Å². The fourth-order valence-electron chi connectivity index (χ4n) is 2.43. The summed E-state index contributed by atoms with van der Waals surface area (Å²) in [5.74, 6) is 2.30. The van der Waals surface area contributed by atoms with E-state index in [9.17, 15) is 0 Å². The van der Waals surface area contributed by atoms with Gasteiger partial charge in [0.15, 0.2) is 5.96 Å². The second-order valence-electron chi connectivity index (χ2n) is 5.51. The van der Waals surface area contributed by atoms with Crippen LogP contribution >= 0.6 is 0 Å². The van der Waals surface area contributed by atoms with E-state index in [1.807, 2.05) is 44.3 Å². The number of pyridine rings is 1. The number of nitrogens with zero attached hydrogens (tertiary/aromatic N) is 3. The number of aliphatic imine (C=N–C) groups is 1. The van der Waals surface area contributed by atoms with Crippen LogP contribution < -0.4 is 14.8 Å². The Morgan fingerprint density at radius 2 is 1.96 bits per heavy atom. The molecule has 0 aliphatic carbocycles. The minimum absolute atomic E-state index is 0.581. The van der Waals surface area contributed by atoms with Crippen molar-refractivity contribution in [2.45, 2.75) is 20.0 Å². The van der Waals surface area contributed by atoms with Gasteiger partial charge in [-0.05, 0) is 30.7 Å². The minimum Gasteiger partial charge on any atom is -0.494 e. The number of hydrogen-bond donors (Lipinski definition) is 1. The van der Waals surface area contributed by atoms with Crippen molar-refractivity contribution in [3.8, 4) is 11.6 Å². The maximum Gasteiger partial charge on any atom is 0.213 e. The minimum atomic E-state index is 0.581. The molecule has 1 N–H and O–H groups in total. The Bertz CT molecular complexity index is 686. The van der Waals surface area contributed by atoms with E-state index in [1.165, 1.54) is 5.56 Å². The summed E-state index contributed by atoms with van der Waals surface area (Å²) >= 11 is 0. The molecule has 1 heterocycles. The molecule has 0 saturated carbocycles. The first-order valence-corrected chi connectivity index (χ1v) is 8.29. The molecule has 1 aromatic carbocycles. The lowest BCUT2D eigenvalue weighted by Crippen LogP contribution is -2.38. The van der Waals surface area contributed by atoms with E-state index in [0.29, 0.717) is 19.0 Å². The van der Waals surface area contributed by atoms with Crippen molar-refractivity contribution in [1.29, 1.82) is 0 Å². The molecule has 0 aliphatic heterocycles. The number of guanidine groups is 1. The van der Waals surface area contributed by atoms with Crippen molar-refractivity contribution >= 4 is 5.96 Å². The SMILES string of the molecule is CCOc1ccc(CN(C)C(=NC)NCc2cccc(OC)n2)cc1. The Balaban J connectivity index is 1.92. The number of rotatable bonds is 7. The molecule has 0 unspecified atom stereocenters. The first kappa shape index (κ1) is 18.6. The van der Waals surface area contributed by atoms with Gasteiger partial charge in [0, 0.05) is 26.7 Å². The molecular weight excluding hydrogens is 316 g/mol. The Kier molecular flexibility index (Phi) is 7.07. The smallest absolute Gasteiger partial charge is 0.213 e. The zero-order valence-electron chi connectivity index (χ0n) is 15.3. The van der Waals surface area contributed by atoms with Crippen LogP contribution in [0, 0.1) is 0 Å². The summed E-state index contributed by atoms with van der Waals surface area (Å²) in [7, 11) is 5.39. The van der Waals surface area contributed by atoms with Gasteiger partial charge in [-0.25, -0.2) is 4.98 Å². The second kappa shape index (κ2) is 9.52. The number of ether oxygens (including phenoxy) is 2. The van der Waals surface area contributed by atoms with Crippen LogP contribution in [0.4, 0.5) is 0 Å². The summed E-state index contributed by atoms with van der Waals surface area (Å²) < 4.78 is 10.6. The van der Waals surface area contributed by atoms with Gasteiger partial charge in [0.2, 0.25) is 5.88 Å². The lowest BCUT2D eigenvalue weighted by molar-refractivity contribution is 0.340. The number of aromatic nitrogens is 1. The van der Waals surface area contributed by atoms with Crippen LogP contribution in [0.3, 0.4) is 0 Å². The third-order valence-corrected chi connectivity index (χ3v) is 3.65. The predicted octanol–water partition coefficient (Wildman–Crippen LogP) is 2.70. The molecule has 0 fully saturated rings. The van der Waals surface area contributed by atoms with Crippen molar-refractivity contribution < 1.29 is 9.47 Å². The van der Waals surface area contributed by atoms with Gasteiger partial charge in [-0.2, -0.15) is 0 Å². The molecule has 6 nitrogen and oxygen atoms in total. The van der Waals surface area contributed by atoms with Crippen LogP contribution in [-0.4, -0.2) is 43.7 Å². The van der Waals surface area contributed by atoms with E-state index in [4.69, 9.17) is 9.47 Å². The average molecular weight is 342 g/mol. The standard InChI is InChI=1S/C19H26N4O2/c1-5-25-17-11-9-15(10-12-17)14-23(3)19(20-2)21-13-16-7-6-8-18(22-16)24-4/h6-12H,5,13-14H2,1-4H3,(H,20,21). The predicted molar refractivity (Wildman–Crippen MR) is 100 cm³/mol. The monoisotopic (exact) mass is 342 g/mol. The molecule has 0 radical (unpaired) electrons. The summed E-state index contributed by atoms with van der Waals surface area (Å²) in [4.78, 5) is 10.8. The molecule has 0 atom stereocenters. The van der Waals surface area contributed by atoms with Gasteiger partial charge in [-0.3, -0.25) is 4.99 Å². The summed E-state index contributed by atoms with van der Waals surface area (Å²) in [5.41, 5.74) is 2.09. The molecule has 1 aromatic heterocycles. The zero-order valence-corrected chi connectivity index (χ0v) is 15.3. The van der Waals surface area contributed by atoms with E-state index in [0.717, 1.165) is 23.9 Å². The largest absolute Gasteiger partial charge is 0.494 e. The number of nitrogens with one attached hydrogen (secondary N) is 1.